The van der Waals surface area contributed by atoms with Crippen LogP contribution in [0.3, 0.4) is 0 Å². The SMILES string of the molecule is O=C(Cn1nnc(-c2ccc(Cl)cc2)n1)N1CCN(c2ccc(Cl)cc2[N+](=O)[O-])CC1. The highest BCUT2D eigenvalue weighted by molar-refractivity contribution is 6.31. The number of nitro benzene ring substituents is 1. The highest BCUT2D eigenvalue weighted by atomic mass is 35.5. The summed E-state index contributed by atoms with van der Waals surface area (Å²) < 4.78 is 0. The Balaban J connectivity index is 1.37. The molecule has 0 aliphatic carbocycles. The van der Waals surface area contributed by atoms with Gasteiger partial charge in [-0.25, -0.2) is 0 Å². The number of tetrazole rings is 1. The topological polar surface area (TPSA) is 110 Å². The number of benzene rings is 2. The lowest BCUT2D eigenvalue weighted by Crippen LogP contribution is -2.49. The van der Waals surface area contributed by atoms with Crippen molar-refractivity contribution in [1.29, 1.82) is 0 Å². The van der Waals surface area contributed by atoms with E-state index in [1.54, 1.807) is 41.3 Å². The van der Waals surface area contributed by atoms with Crippen molar-refractivity contribution in [2.45, 2.75) is 6.54 Å². The molecule has 2 heterocycles. The Labute approximate surface area is 187 Å². The van der Waals surface area contributed by atoms with Crippen molar-refractivity contribution in [1.82, 2.24) is 25.1 Å². The minimum Gasteiger partial charge on any atom is -0.362 e. The van der Waals surface area contributed by atoms with Crippen LogP contribution in [0.25, 0.3) is 11.4 Å². The summed E-state index contributed by atoms with van der Waals surface area (Å²) in [5.41, 5.74) is 1.20. The Morgan fingerprint density at radius 3 is 2.39 bits per heavy atom. The summed E-state index contributed by atoms with van der Waals surface area (Å²) in [6, 6.07) is 11.6. The van der Waals surface area contributed by atoms with Crippen molar-refractivity contribution < 1.29 is 9.72 Å². The predicted octanol–water partition coefficient (Wildman–Crippen LogP) is 2.90. The van der Waals surface area contributed by atoms with Gasteiger partial charge in [-0.2, -0.15) is 4.80 Å². The van der Waals surface area contributed by atoms with Gasteiger partial charge in [0.2, 0.25) is 11.7 Å². The van der Waals surface area contributed by atoms with E-state index in [4.69, 9.17) is 23.2 Å². The van der Waals surface area contributed by atoms with Crippen LogP contribution in [0.1, 0.15) is 0 Å². The lowest BCUT2D eigenvalue weighted by atomic mass is 10.2. The molecular weight excluding hydrogens is 445 g/mol. The largest absolute Gasteiger partial charge is 0.362 e. The fourth-order valence-electron chi connectivity index (χ4n) is 3.35. The maximum absolute atomic E-state index is 12.7. The van der Waals surface area contributed by atoms with Gasteiger partial charge in [0.1, 0.15) is 12.2 Å². The number of rotatable bonds is 5. The second-order valence-electron chi connectivity index (χ2n) is 6.91. The first-order valence-corrected chi connectivity index (χ1v) is 10.2. The van der Waals surface area contributed by atoms with E-state index < -0.39 is 4.92 Å². The molecule has 1 fully saturated rings. The van der Waals surface area contributed by atoms with E-state index in [1.165, 1.54) is 10.9 Å². The predicted molar refractivity (Wildman–Crippen MR) is 115 cm³/mol. The normalized spacial score (nSPS) is 14.0. The van der Waals surface area contributed by atoms with Crippen molar-refractivity contribution in [3.63, 3.8) is 0 Å². The summed E-state index contributed by atoms with van der Waals surface area (Å²) in [5.74, 6) is 0.259. The van der Waals surface area contributed by atoms with Gasteiger partial charge in [-0.3, -0.25) is 14.9 Å². The van der Waals surface area contributed by atoms with E-state index in [9.17, 15) is 14.9 Å². The van der Waals surface area contributed by atoms with E-state index >= 15 is 0 Å². The first kappa shape index (κ1) is 21.0. The highest BCUT2D eigenvalue weighted by Gasteiger charge is 2.26. The fourth-order valence-corrected chi connectivity index (χ4v) is 3.65. The maximum Gasteiger partial charge on any atom is 0.294 e. The Kier molecular flexibility index (Phi) is 6.01. The molecule has 31 heavy (non-hydrogen) atoms. The van der Waals surface area contributed by atoms with E-state index in [1.807, 2.05) is 4.90 Å². The van der Waals surface area contributed by atoms with Gasteiger partial charge in [0.15, 0.2) is 0 Å². The molecular formula is C19H17Cl2N7O3. The van der Waals surface area contributed by atoms with Gasteiger partial charge in [0, 0.05) is 47.9 Å². The molecule has 1 saturated heterocycles. The fraction of sp³-hybridized carbons (Fsp3) is 0.263. The van der Waals surface area contributed by atoms with Crippen LogP contribution in [-0.4, -0.2) is 62.1 Å². The molecule has 0 spiro atoms. The number of amides is 1. The third-order valence-corrected chi connectivity index (χ3v) is 5.43. The molecule has 0 radical (unpaired) electrons. The number of nitro groups is 1. The van der Waals surface area contributed by atoms with Gasteiger partial charge < -0.3 is 9.80 Å². The third kappa shape index (κ3) is 4.75. The molecule has 0 atom stereocenters. The number of carbonyl (C=O) groups is 1. The van der Waals surface area contributed by atoms with E-state index in [-0.39, 0.29) is 18.1 Å². The molecule has 0 N–H and O–H groups in total. The van der Waals surface area contributed by atoms with Crippen LogP contribution >= 0.6 is 23.2 Å². The lowest BCUT2D eigenvalue weighted by molar-refractivity contribution is -0.384. The first-order chi connectivity index (χ1) is 14.9. The van der Waals surface area contributed by atoms with Crippen LogP contribution in [0.15, 0.2) is 42.5 Å². The Morgan fingerprint density at radius 1 is 1.03 bits per heavy atom. The first-order valence-electron chi connectivity index (χ1n) is 9.41. The molecule has 0 saturated carbocycles. The van der Waals surface area contributed by atoms with Gasteiger partial charge in [-0.05, 0) is 41.6 Å². The van der Waals surface area contributed by atoms with Gasteiger partial charge in [-0.15, -0.1) is 10.2 Å². The molecule has 1 aliphatic heterocycles. The molecule has 12 heteroatoms. The van der Waals surface area contributed by atoms with Gasteiger partial charge in [0.05, 0.1) is 4.92 Å². The maximum atomic E-state index is 12.7. The van der Waals surface area contributed by atoms with Crippen LogP contribution in [0.2, 0.25) is 10.0 Å². The third-order valence-electron chi connectivity index (χ3n) is 4.94. The average Bonchev–Trinajstić information content (AvgIpc) is 3.22. The lowest BCUT2D eigenvalue weighted by Gasteiger charge is -2.35. The second-order valence-corrected chi connectivity index (χ2v) is 7.78. The molecule has 1 aliphatic rings. The minimum atomic E-state index is -0.451. The van der Waals surface area contributed by atoms with Gasteiger partial charge in [0.25, 0.3) is 5.69 Å². The zero-order valence-electron chi connectivity index (χ0n) is 16.2. The Hall–Kier alpha value is -3.24. The molecule has 4 rings (SSSR count). The smallest absolute Gasteiger partial charge is 0.294 e. The van der Waals surface area contributed by atoms with Crippen molar-refractivity contribution in [3.05, 3.63) is 62.6 Å². The van der Waals surface area contributed by atoms with Crippen molar-refractivity contribution in [3.8, 4) is 11.4 Å². The number of aromatic nitrogens is 4. The van der Waals surface area contributed by atoms with Crippen LogP contribution < -0.4 is 4.90 Å². The monoisotopic (exact) mass is 461 g/mol. The van der Waals surface area contributed by atoms with E-state index in [2.05, 4.69) is 15.4 Å². The number of piperazine rings is 1. The van der Waals surface area contributed by atoms with Crippen LogP contribution in [0.5, 0.6) is 0 Å². The zero-order valence-corrected chi connectivity index (χ0v) is 17.7. The summed E-state index contributed by atoms with van der Waals surface area (Å²) in [5, 5.41) is 24.4. The van der Waals surface area contributed by atoms with Crippen LogP contribution in [0, 0.1) is 10.1 Å². The quantitative estimate of drug-likeness (QED) is 0.424. The number of halogens is 2. The van der Waals surface area contributed by atoms with E-state index in [0.29, 0.717) is 47.7 Å². The molecule has 0 unspecified atom stereocenters. The van der Waals surface area contributed by atoms with Crippen molar-refractivity contribution in [2.24, 2.45) is 0 Å². The number of hydrogen-bond donors (Lipinski definition) is 0. The number of anilines is 1. The summed E-state index contributed by atoms with van der Waals surface area (Å²) in [6.07, 6.45) is 0. The summed E-state index contributed by atoms with van der Waals surface area (Å²) in [7, 11) is 0. The van der Waals surface area contributed by atoms with Crippen molar-refractivity contribution in [2.75, 3.05) is 31.1 Å². The van der Waals surface area contributed by atoms with Crippen molar-refractivity contribution >= 4 is 40.5 Å². The van der Waals surface area contributed by atoms with Crippen LogP contribution in [-0.2, 0) is 11.3 Å². The number of hydrogen-bond acceptors (Lipinski definition) is 7. The standard InChI is InChI=1S/C19H17Cl2N7O3/c20-14-3-1-13(2-4-14)19-22-24-27(23-19)12-18(29)26-9-7-25(8-10-26)16-6-5-15(21)11-17(16)28(30)31/h1-6,11H,7-10,12H2. The summed E-state index contributed by atoms with van der Waals surface area (Å²) in [6.45, 7) is 1.75. The van der Waals surface area contributed by atoms with Gasteiger partial charge >= 0.3 is 0 Å². The summed E-state index contributed by atoms with van der Waals surface area (Å²) >= 11 is 11.8. The molecule has 160 valence electrons. The minimum absolute atomic E-state index is 0.0400. The Morgan fingerprint density at radius 2 is 1.71 bits per heavy atom. The number of carbonyl (C=O) groups excluding carboxylic acids is 1. The zero-order chi connectivity index (χ0) is 22.0. The number of nitrogens with zero attached hydrogens (tertiary/aromatic N) is 7. The van der Waals surface area contributed by atoms with E-state index in [0.717, 1.165) is 5.56 Å². The Bertz CT molecular complexity index is 1110. The highest BCUT2D eigenvalue weighted by Crippen LogP contribution is 2.31. The van der Waals surface area contributed by atoms with Gasteiger partial charge in [-0.1, -0.05) is 23.2 Å². The molecule has 3 aromatic rings. The second kappa shape index (κ2) is 8.86. The van der Waals surface area contributed by atoms with Crippen LogP contribution in [0.4, 0.5) is 11.4 Å². The molecule has 0 bridgehead atoms. The molecule has 1 aromatic heterocycles. The summed E-state index contributed by atoms with van der Waals surface area (Å²) in [4.78, 5) is 28.4. The molecule has 10 nitrogen and oxygen atoms in total. The molecule has 1 amide bonds. The average molecular weight is 462 g/mol. The molecule has 2 aromatic carbocycles.